The Morgan fingerprint density at radius 1 is 1.16 bits per heavy atom. The lowest BCUT2D eigenvalue weighted by Gasteiger charge is -2.51. The number of aromatic nitrogens is 1. The number of hydrogen-bond donors (Lipinski definition) is 2. The number of nitrogens with zero attached hydrogens (tertiary/aromatic N) is 2. The van der Waals surface area contributed by atoms with Gasteiger partial charge in [0.2, 0.25) is 5.91 Å². The average molecular weight is 438 g/mol. The third kappa shape index (κ3) is 3.41. The highest BCUT2D eigenvalue weighted by Crippen LogP contribution is 2.77. The molecule has 6 rings (SSSR count). The first kappa shape index (κ1) is 20.5. The molecule has 5 atom stereocenters. The van der Waals surface area contributed by atoms with Gasteiger partial charge in [0.1, 0.15) is 5.82 Å². The summed E-state index contributed by atoms with van der Waals surface area (Å²) in [6.45, 7) is 2.78. The predicted octanol–water partition coefficient (Wildman–Crippen LogP) is 3.75. The smallest absolute Gasteiger partial charge is 0.303 e. The van der Waals surface area contributed by atoms with Gasteiger partial charge in [-0.1, -0.05) is 6.07 Å². The molecule has 172 valence electrons. The second-order valence-electron chi connectivity index (χ2n) is 11.2. The van der Waals surface area contributed by atoms with Crippen LogP contribution in [0.3, 0.4) is 0 Å². The van der Waals surface area contributed by atoms with Crippen LogP contribution in [0.2, 0.25) is 0 Å². The monoisotopic (exact) mass is 437 g/mol. The second-order valence-corrected chi connectivity index (χ2v) is 11.2. The van der Waals surface area contributed by atoms with Crippen molar-refractivity contribution in [1.29, 1.82) is 0 Å². The van der Waals surface area contributed by atoms with E-state index in [9.17, 15) is 14.7 Å². The summed E-state index contributed by atoms with van der Waals surface area (Å²) in [4.78, 5) is 31.4. The molecule has 3 saturated carbocycles. The molecule has 32 heavy (non-hydrogen) atoms. The third-order valence-electron chi connectivity index (χ3n) is 9.57. The van der Waals surface area contributed by atoms with Crippen LogP contribution < -0.4 is 5.32 Å². The Labute approximate surface area is 190 Å². The van der Waals surface area contributed by atoms with Crippen molar-refractivity contribution in [3.05, 3.63) is 23.4 Å². The number of carboxylic acid groups (broad SMARTS) is 1. The van der Waals surface area contributed by atoms with Gasteiger partial charge in [-0.25, -0.2) is 4.98 Å². The molecule has 3 aliphatic carbocycles. The van der Waals surface area contributed by atoms with Gasteiger partial charge < -0.3 is 15.3 Å². The van der Waals surface area contributed by atoms with Crippen LogP contribution in [0.25, 0.3) is 0 Å². The average Bonchev–Trinajstić information content (AvgIpc) is 3.56. The van der Waals surface area contributed by atoms with Crippen LogP contribution in [-0.2, 0) is 22.4 Å². The number of hydrogen-bond acceptors (Lipinski definition) is 4. The minimum Gasteiger partial charge on any atom is -0.481 e. The van der Waals surface area contributed by atoms with Gasteiger partial charge in [0.05, 0.1) is 0 Å². The summed E-state index contributed by atoms with van der Waals surface area (Å²) < 4.78 is 0. The van der Waals surface area contributed by atoms with E-state index in [1.807, 2.05) is 0 Å². The number of piperidine rings is 1. The fourth-order valence-electron chi connectivity index (χ4n) is 7.80. The summed E-state index contributed by atoms with van der Waals surface area (Å²) >= 11 is 0. The number of amides is 1. The fraction of sp³-hybridized carbons (Fsp3) is 0.731. The Morgan fingerprint density at radius 3 is 2.75 bits per heavy atom. The molecule has 1 aromatic heterocycles. The zero-order valence-electron chi connectivity index (χ0n) is 18.9. The lowest BCUT2D eigenvalue weighted by Crippen LogP contribution is -2.49. The summed E-state index contributed by atoms with van der Waals surface area (Å²) in [7, 11) is 0. The third-order valence-corrected chi connectivity index (χ3v) is 9.57. The van der Waals surface area contributed by atoms with Crippen molar-refractivity contribution in [2.24, 2.45) is 35.0 Å². The Morgan fingerprint density at radius 2 is 1.97 bits per heavy atom. The maximum Gasteiger partial charge on any atom is 0.303 e. The minimum atomic E-state index is -0.656. The van der Waals surface area contributed by atoms with E-state index in [0.29, 0.717) is 41.4 Å². The number of nitrogens with one attached hydrogen (secondary N) is 1. The summed E-state index contributed by atoms with van der Waals surface area (Å²) in [5.41, 5.74) is 2.83. The Balaban J connectivity index is 1.00. The molecular formula is C26H35N3O3. The number of carbonyl (C=O) groups is 2. The molecule has 1 saturated heterocycles. The van der Waals surface area contributed by atoms with Crippen molar-refractivity contribution >= 4 is 17.7 Å². The molecule has 3 heterocycles. The van der Waals surface area contributed by atoms with Crippen LogP contribution in [0.1, 0.15) is 62.6 Å². The maximum absolute atomic E-state index is 13.3. The lowest BCUT2D eigenvalue weighted by atomic mass is 9.54. The first-order valence-corrected chi connectivity index (χ1v) is 12.8. The summed E-state index contributed by atoms with van der Waals surface area (Å²) in [6, 6.07) is 4.44. The van der Waals surface area contributed by atoms with E-state index in [-0.39, 0.29) is 5.92 Å². The van der Waals surface area contributed by atoms with E-state index >= 15 is 0 Å². The number of rotatable bonds is 5. The van der Waals surface area contributed by atoms with Crippen molar-refractivity contribution in [2.75, 3.05) is 25.0 Å². The van der Waals surface area contributed by atoms with E-state index in [0.717, 1.165) is 70.4 Å². The quantitative estimate of drug-likeness (QED) is 0.733. The Kier molecular flexibility index (Phi) is 4.96. The highest BCUT2D eigenvalue weighted by atomic mass is 16.4. The van der Waals surface area contributed by atoms with Crippen molar-refractivity contribution in [2.45, 2.75) is 64.2 Å². The molecule has 1 aromatic rings. The van der Waals surface area contributed by atoms with E-state index < -0.39 is 5.97 Å². The molecule has 6 heteroatoms. The number of carbonyl (C=O) groups excluding carboxylic acids is 1. The highest BCUT2D eigenvalue weighted by molar-refractivity contribution is 5.79. The Hall–Kier alpha value is -2.11. The molecule has 0 radical (unpaired) electrons. The standard InChI is InChI=1S/C26H35N3O3/c30-23(31)14-20-13-19-11-18(12-21-15-26(19,20)21)25(32)29-8-5-16(6-9-29)10-22-4-3-17-2-1-7-27-24(17)28-22/h3-4,16,18-21H,1-2,5-15H2,(H,27,28)(H,30,31)/t18-,19+,20?,21-,26?/m1/s1. The molecule has 1 amide bonds. The van der Waals surface area contributed by atoms with Crippen LogP contribution in [0, 0.1) is 35.0 Å². The van der Waals surface area contributed by atoms with Crippen LogP contribution in [0.5, 0.6) is 0 Å². The normalized spacial score (nSPS) is 35.6. The van der Waals surface area contributed by atoms with Crippen LogP contribution in [0.15, 0.2) is 12.1 Å². The van der Waals surface area contributed by atoms with Crippen LogP contribution in [0.4, 0.5) is 5.82 Å². The number of aliphatic carboxylic acids is 1. The second kappa shape index (κ2) is 7.74. The molecule has 2 aliphatic heterocycles. The van der Waals surface area contributed by atoms with Gasteiger partial charge in [-0.05, 0) is 98.5 Å². The predicted molar refractivity (Wildman–Crippen MR) is 121 cm³/mol. The fourth-order valence-corrected chi connectivity index (χ4v) is 7.80. The molecule has 6 nitrogen and oxygen atoms in total. The molecular weight excluding hydrogens is 402 g/mol. The van der Waals surface area contributed by atoms with Gasteiger partial charge in [-0.15, -0.1) is 0 Å². The first-order chi connectivity index (χ1) is 15.5. The van der Waals surface area contributed by atoms with Crippen molar-refractivity contribution < 1.29 is 14.7 Å². The van der Waals surface area contributed by atoms with E-state index in [1.165, 1.54) is 24.1 Å². The summed E-state index contributed by atoms with van der Waals surface area (Å²) in [5.74, 6) is 3.16. The molecule has 2 N–H and O–H groups in total. The topological polar surface area (TPSA) is 82.5 Å². The SMILES string of the molecule is O=C(O)CC1C[C@@H]2C[C@@H](C(=O)N3CCC(Cc4ccc5c(n4)NCCC5)CC3)C[C@@H]3CC123. The molecule has 1 spiro atoms. The zero-order valence-corrected chi connectivity index (χ0v) is 18.9. The highest BCUT2D eigenvalue weighted by Gasteiger charge is 2.71. The first-order valence-electron chi connectivity index (χ1n) is 12.8. The van der Waals surface area contributed by atoms with E-state index in [4.69, 9.17) is 4.98 Å². The van der Waals surface area contributed by atoms with Crippen LogP contribution >= 0.6 is 0 Å². The number of pyridine rings is 1. The molecule has 2 unspecified atom stereocenters. The van der Waals surface area contributed by atoms with Gasteiger partial charge in [-0.2, -0.15) is 0 Å². The van der Waals surface area contributed by atoms with Crippen LogP contribution in [-0.4, -0.2) is 46.5 Å². The number of aryl methyl sites for hydroxylation is 1. The summed E-state index contributed by atoms with van der Waals surface area (Å²) in [5, 5.41) is 12.6. The number of anilines is 1. The van der Waals surface area contributed by atoms with Gasteiger partial charge in [0.15, 0.2) is 0 Å². The molecule has 4 fully saturated rings. The lowest BCUT2D eigenvalue weighted by molar-refractivity contribution is -0.147. The van der Waals surface area contributed by atoms with Gasteiger partial charge in [-0.3, -0.25) is 9.59 Å². The molecule has 0 bridgehead atoms. The Bertz CT molecular complexity index is 925. The maximum atomic E-state index is 13.3. The summed E-state index contributed by atoms with van der Waals surface area (Å²) in [6.07, 6.45) is 9.99. The van der Waals surface area contributed by atoms with Crippen molar-refractivity contribution in [3.63, 3.8) is 0 Å². The van der Waals surface area contributed by atoms with E-state index in [1.54, 1.807) is 0 Å². The van der Waals surface area contributed by atoms with Gasteiger partial charge in [0, 0.05) is 37.7 Å². The molecule has 0 aromatic carbocycles. The van der Waals surface area contributed by atoms with Gasteiger partial charge in [0.25, 0.3) is 0 Å². The number of fused-ring (bicyclic) bond motifs is 1. The largest absolute Gasteiger partial charge is 0.481 e. The van der Waals surface area contributed by atoms with Gasteiger partial charge >= 0.3 is 5.97 Å². The number of likely N-dealkylation sites (tertiary alicyclic amines) is 1. The van der Waals surface area contributed by atoms with E-state index in [2.05, 4.69) is 22.3 Å². The number of carboxylic acids is 1. The minimum absolute atomic E-state index is 0.177. The molecule has 5 aliphatic rings. The van der Waals surface area contributed by atoms with Crippen molar-refractivity contribution in [3.8, 4) is 0 Å². The van der Waals surface area contributed by atoms with Crippen molar-refractivity contribution in [1.82, 2.24) is 9.88 Å². The zero-order chi connectivity index (χ0) is 21.9.